The van der Waals surface area contributed by atoms with Gasteiger partial charge in [0.1, 0.15) is 0 Å². The maximum absolute atomic E-state index is 2.31. The van der Waals surface area contributed by atoms with Crippen molar-refractivity contribution in [2.45, 2.75) is 89.0 Å². The minimum atomic E-state index is 0. The van der Waals surface area contributed by atoms with E-state index in [9.17, 15) is 0 Å². The molecule has 2 aromatic carbocycles. The molecule has 0 saturated carbocycles. The Bertz CT molecular complexity index is 543. The van der Waals surface area contributed by atoms with Crippen LogP contribution < -0.4 is 0 Å². The van der Waals surface area contributed by atoms with Gasteiger partial charge in [0.25, 0.3) is 0 Å². The Morgan fingerprint density at radius 2 is 1.04 bits per heavy atom. The van der Waals surface area contributed by atoms with E-state index < -0.39 is 0 Å². The summed E-state index contributed by atoms with van der Waals surface area (Å²) in [5.41, 5.74) is 4.71. The fourth-order valence-corrected chi connectivity index (χ4v) is 2.20. The molecule has 0 aliphatic rings. The predicted molar refractivity (Wildman–Crippen MR) is 124 cm³/mol. The summed E-state index contributed by atoms with van der Waals surface area (Å²) in [5, 5.41) is 0. The maximum Gasteiger partial charge on any atom is -0.0124 e. The van der Waals surface area contributed by atoms with Gasteiger partial charge >= 0.3 is 0 Å². The highest BCUT2D eigenvalue weighted by molar-refractivity contribution is 5.29. The van der Waals surface area contributed by atoms with E-state index in [0.717, 1.165) is 0 Å². The number of rotatable bonds is 3. The van der Waals surface area contributed by atoms with E-state index in [1.54, 1.807) is 0 Å². The largest absolute Gasteiger partial charge is 0.0776 e. The average molecular weight is 359 g/mol. The molecular weight excluding hydrogens is 312 g/mol. The molecule has 0 aliphatic carbocycles. The third-order valence-corrected chi connectivity index (χ3v) is 4.74. The summed E-state index contributed by atoms with van der Waals surface area (Å²) in [5.74, 6) is 1.11. The van der Waals surface area contributed by atoms with Gasteiger partial charge in [0.2, 0.25) is 0 Å². The van der Waals surface area contributed by atoms with E-state index in [4.69, 9.17) is 0 Å². The van der Waals surface area contributed by atoms with Crippen molar-refractivity contribution in [2.75, 3.05) is 0 Å². The molecule has 0 aliphatic heterocycles. The van der Waals surface area contributed by atoms with Crippen molar-refractivity contribution in [2.24, 2.45) is 5.41 Å². The molecule has 0 spiro atoms. The van der Waals surface area contributed by atoms with Gasteiger partial charge in [0, 0.05) is 0 Å². The molecule has 0 saturated heterocycles. The van der Waals surface area contributed by atoms with Gasteiger partial charge in [-0.1, -0.05) is 130 Å². The van der Waals surface area contributed by atoms with Crippen LogP contribution in [0.1, 0.15) is 98.8 Å². The number of benzene rings is 2. The summed E-state index contributed by atoms with van der Waals surface area (Å²) in [6, 6.07) is 19.6. The molecule has 2 unspecified atom stereocenters. The van der Waals surface area contributed by atoms with Crippen LogP contribution in [0, 0.1) is 12.3 Å². The molecule has 2 aromatic rings. The van der Waals surface area contributed by atoms with E-state index in [0.29, 0.717) is 17.3 Å². The Hall–Kier alpha value is -1.56. The second-order valence-corrected chi connectivity index (χ2v) is 7.81. The molecule has 0 nitrogen and oxygen atoms in total. The van der Waals surface area contributed by atoms with Gasteiger partial charge < -0.3 is 0 Å². The standard InChI is InChI=1S/C17H20.C6H14.3CH4/c1-13-9-11-17(12-10-13)15(3)14(2)16-7-5-4-6-8-16;1-5-6(2,3)4;;;/h4-12,14-15H,1-3H3;5H2,1-4H3;3*1H4. The summed E-state index contributed by atoms with van der Waals surface area (Å²) in [6.07, 6.45) is 1.27. The highest BCUT2D eigenvalue weighted by Gasteiger charge is 2.15. The lowest BCUT2D eigenvalue weighted by Crippen LogP contribution is -2.04. The van der Waals surface area contributed by atoms with Gasteiger partial charge in [-0.3, -0.25) is 0 Å². The molecule has 0 fully saturated rings. The summed E-state index contributed by atoms with van der Waals surface area (Å²) >= 11 is 0. The lowest BCUT2D eigenvalue weighted by molar-refractivity contribution is 0.398. The minimum absolute atomic E-state index is 0. The quantitative estimate of drug-likeness (QED) is 0.512. The third kappa shape index (κ3) is 10.4. The molecule has 0 heterocycles. The van der Waals surface area contributed by atoms with E-state index in [-0.39, 0.29) is 22.3 Å². The second kappa shape index (κ2) is 13.6. The first-order valence-electron chi connectivity index (χ1n) is 8.86. The molecule has 2 rings (SSSR count). The van der Waals surface area contributed by atoms with Crippen LogP contribution in [0.25, 0.3) is 0 Å². The predicted octanol–water partition coefficient (Wildman–Crippen LogP) is 9.25. The van der Waals surface area contributed by atoms with Crippen molar-refractivity contribution in [3.63, 3.8) is 0 Å². The molecule has 2 atom stereocenters. The summed E-state index contributed by atoms with van der Waals surface area (Å²) in [4.78, 5) is 0. The number of aryl methyl sites for hydroxylation is 1. The topological polar surface area (TPSA) is 0 Å². The van der Waals surface area contributed by atoms with Crippen LogP contribution in [0.3, 0.4) is 0 Å². The molecule has 0 N–H and O–H groups in total. The molecule has 26 heavy (non-hydrogen) atoms. The van der Waals surface area contributed by atoms with Crippen molar-refractivity contribution in [3.05, 3.63) is 71.3 Å². The van der Waals surface area contributed by atoms with Crippen LogP contribution in [0.5, 0.6) is 0 Å². The third-order valence-electron chi connectivity index (χ3n) is 4.74. The van der Waals surface area contributed by atoms with Crippen molar-refractivity contribution in [3.8, 4) is 0 Å². The molecule has 0 amide bonds. The van der Waals surface area contributed by atoms with Gasteiger partial charge in [-0.05, 0) is 35.3 Å². The van der Waals surface area contributed by atoms with Gasteiger partial charge in [-0.25, -0.2) is 0 Å². The minimum Gasteiger partial charge on any atom is -0.0776 e. The van der Waals surface area contributed by atoms with Crippen LogP contribution in [0.15, 0.2) is 54.6 Å². The first-order chi connectivity index (χ1) is 10.7. The highest BCUT2D eigenvalue weighted by Crippen LogP contribution is 2.32. The monoisotopic (exact) mass is 358 g/mol. The zero-order valence-corrected chi connectivity index (χ0v) is 16.1. The fraction of sp³-hybridized carbons (Fsp3) is 0.538. The Balaban J connectivity index is -0.000000517. The Morgan fingerprint density at radius 3 is 1.38 bits per heavy atom. The van der Waals surface area contributed by atoms with E-state index in [1.807, 2.05) is 0 Å². The smallest absolute Gasteiger partial charge is 0.0124 e. The Morgan fingerprint density at radius 1 is 0.692 bits per heavy atom. The van der Waals surface area contributed by atoms with Crippen molar-refractivity contribution in [1.29, 1.82) is 0 Å². The lowest BCUT2D eigenvalue weighted by atomic mass is 9.84. The Labute approximate surface area is 166 Å². The second-order valence-electron chi connectivity index (χ2n) is 7.81. The molecule has 0 radical (unpaired) electrons. The van der Waals surface area contributed by atoms with E-state index in [2.05, 4.69) is 103 Å². The van der Waals surface area contributed by atoms with E-state index >= 15 is 0 Å². The zero-order chi connectivity index (χ0) is 17.5. The first kappa shape index (κ1) is 29.2. The number of hydrogen-bond donors (Lipinski definition) is 0. The molecule has 0 heteroatoms. The first-order valence-corrected chi connectivity index (χ1v) is 8.86. The summed E-state index contributed by atoms with van der Waals surface area (Å²) in [6.45, 7) is 15.7. The van der Waals surface area contributed by atoms with Crippen molar-refractivity contribution in [1.82, 2.24) is 0 Å². The van der Waals surface area contributed by atoms with E-state index in [1.165, 1.54) is 23.1 Å². The summed E-state index contributed by atoms with van der Waals surface area (Å²) < 4.78 is 0. The summed E-state index contributed by atoms with van der Waals surface area (Å²) in [7, 11) is 0. The van der Waals surface area contributed by atoms with Crippen LogP contribution >= 0.6 is 0 Å². The van der Waals surface area contributed by atoms with Gasteiger partial charge in [0.15, 0.2) is 0 Å². The highest BCUT2D eigenvalue weighted by atomic mass is 14.2. The average Bonchev–Trinajstić information content (AvgIpc) is 2.55. The molecular formula is C26H46. The maximum atomic E-state index is 2.31. The normalized spacial score (nSPS) is 12.1. The van der Waals surface area contributed by atoms with Crippen molar-refractivity contribution >= 4 is 0 Å². The SMILES string of the molecule is C.C.C.CCC(C)(C)C.Cc1ccc(C(C)C(C)c2ccccc2)cc1. The van der Waals surface area contributed by atoms with Gasteiger partial charge in [-0.15, -0.1) is 0 Å². The van der Waals surface area contributed by atoms with Gasteiger partial charge in [0.05, 0.1) is 0 Å². The fourth-order valence-electron chi connectivity index (χ4n) is 2.20. The van der Waals surface area contributed by atoms with Crippen molar-refractivity contribution < 1.29 is 0 Å². The van der Waals surface area contributed by atoms with Crippen LogP contribution in [0.4, 0.5) is 0 Å². The van der Waals surface area contributed by atoms with Gasteiger partial charge in [-0.2, -0.15) is 0 Å². The lowest BCUT2D eigenvalue weighted by Gasteiger charge is -2.21. The van der Waals surface area contributed by atoms with Crippen LogP contribution in [-0.4, -0.2) is 0 Å². The zero-order valence-electron chi connectivity index (χ0n) is 16.1. The molecule has 150 valence electrons. The van der Waals surface area contributed by atoms with Crippen LogP contribution in [0.2, 0.25) is 0 Å². The molecule has 0 aromatic heterocycles. The Kier molecular flexibility index (Phi) is 15.3. The number of hydrogen-bond acceptors (Lipinski definition) is 0. The molecule has 0 bridgehead atoms. The van der Waals surface area contributed by atoms with Crippen LogP contribution in [-0.2, 0) is 0 Å².